The Labute approximate surface area is 184 Å². The van der Waals surface area contributed by atoms with Gasteiger partial charge in [-0.1, -0.05) is 74.8 Å². The predicted octanol–water partition coefficient (Wildman–Crippen LogP) is 4.68. The van der Waals surface area contributed by atoms with Crippen LogP contribution in [-0.4, -0.2) is 18.5 Å². The lowest BCUT2D eigenvalue weighted by atomic mass is 9.75. The average molecular weight is 430 g/mol. The van der Waals surface area contributed by atoms with Crippen LogP contribution < -0.4 is 11.6 Å². The maximum absolute atomic E-state index is 6.58. The maximum atomic E-state index is 6.58. The van der Waals surface area contributed by atoms with Gasteiger partial charge in [0, 0.05) is 11.4 Å². The van der Waals surface area contributed by atoms with Crippen molar-refractivity contribution in [2.45, 2.75) is 46.0 Å². The molecule has 1 aliphatic rings. The smallest absolute Gasteiger partial charge is 0.123 e. The van der Waals surface area contributed by atoms with Gasteiger partial charge in [-0.05, 0) is 40.5 Å². The van der Waals surface area contributed by atoms with E-state index in [1.807, 2.05) is 30.3 Å². The number of hydrazone groups is 1. The SMILES string of the molecule is CC1C(COCc2ccccc2)OC(c2ccc(Cl)c(CC(N)=NN)c2)C(C)C1C. The Morgan fingerprint density at radius 1 is 1.07 bits per heavy atom. The van der Waals surface area contributed by atoms with Gasteiger partial charge in [-0.15, -0.1) is 0 Å². The molecule has 5 unspecified atom stereocenters. The van der Waals surface area contributed by atoms with Gasteiger partial charge in [0.2, 0.25) is 0 Å². The van der Waals surface area contributed by atoms with E-state index < -0.39 is 0 Å². The first-order valence-electron chi connectivity index (χ1n) is 10.5. The van der Waals surface area contributed by atoms with Crippen molar-refractivity contribution in [3.05, 3.63) is 70.2 Å². The Balaban J connectivity index is 1.73. The molecule has 0 radical (unpaired) electrons. The zero-order valence-corrected chi connectivity index (χ0v) is 18.7. The first kappa shape index (κ1) is 22.6. The van der Waals surface area contributed by atoms with Crippen molar-refractivity contribution >= 4 is 17.4 Å². The second kappa shape index (κ2) is 10.3. The third-order valence-corrected chi connectivity index (χ3v) is 6.74. The molecule has 4 N–H and O–H groups in total. The Morgan fingerprint density at radius 3 is 2.50 bits per heavy atom. The van der Waals surface area contributed by atoms with Gasteiger partial charge in [0.25, 0.3) is 0 Å². The van der Waals surface area contributed by atoms with E-state index >= 15 is 0 Å². The molecular formula is C24H32ClN3O2. The molecule has 1 aliphatic heterocycles. The first-order valence-corrected chi connectivity index (χ1v) is 10.9. The van der Waals surface area contributed by atoms with E-state index in [1.165, 1.54) is 5.56 Å². The van der Waals surface area contributed by atoms with Crippen LogP contribution in [0, 0.1) is 17.8 Å². The third-order valence-electron chi connectivity index (χ3n) is 6.37. The Morgan fingerprint density at radius 2 is 1.80 bits per heavy atom. The Kier molecular flexibility index (Phi) is 7.75. The summed E-state index contributed by atoms with van der Waals surface area (Å²) in [5, 5.41) is 4.21. The molecule has 0 spiro atoms. The van der Waals surface area contributed by atoms with Crippen LogP contribution in [0.1, 0.15) is 43.6 Å². The van der Waals surface area contributed by atoms with Crippen molar-refractivity contribution in [2.24, 2.45) is 34.4 Å². The number of halogens is 1. The summed E-state index contributed by atoms with van der Waals surface area (Å²) in [5.74, 6) is 6.89. The molecule has 5 atom stereocenters. The number of rotatable bonds is 7. The molecule has 6 heteroatoms. The fourth-order valence-corrected chi connectivity index (χ4v) is 4.30. The molecule has 3 rings (SSSR count). The second-order valence-corrected chi connectivity index (χ2v) is 8.73. The minimum absolute atomic E-state index is 0.0275. The van der Waals surface area contributed by atoms with Crippen molar-refractivity contribution < 1.29 is 9.47 Å². The van der Waals surface area contributed by atoms with Gasteiger partial charge >= 0.3 is 0 Å². The van der Waals surface area contributed by atoms with Gasteiger partial charge in [0.05, 0.1) is 25.4 Å². The van der Waals surface area contributed by atoms with E-state index in [4.69, 9.17) is 32.7 Å². The molecule has 0 aromatic heterocycles. The predicted molar refractivity (Wildman–Crippen MR) is 122 cm³/mol. The second-order valence-electron chi connectivity index (χ2n) is 8.32. The fraction of sp³-hybridized carbons (Fsp3) is 0.458. The minimum atomic E-state index is -0.0337. The van der Waals surface area contributed by atoms with Crippen molar-refractivity contribution in [1.29, 1.82) is 0 Å². The molecule has 5 nitrogen and oxygen atoms in total. The molecule has 1 fully saturated rings. The number of ether oxygens (including phenoxy) is 2. The molecule has 2 aromatic carbocycles. The molecule has 0 bridgehead atoms. The summed E-state index contributed by atoms with van der Waals surface area (Å²) < 4.78 is 12.6. The summed E-state index contributed by atoms with van der Waals surface area (Å²) in [4.78, 5) is 0. The highest BCUT2D eigenvalue weighted by Crippen LogP contribution is 2.43. The summed E-state index contributed by atoms with van der Waals surface area (Å²) in [6.45, 7) is 7.95. The normalized spacial score (nSPS) is 27.2. The molecule has 0 aliphatic carbocycles. The molecule has 1 heterocycles. The molecule has 162 valence electrons. The summed E-state index contributed by atoms with van der Waals surface area (Å²) in [6, 6.07) is 16.2. The number of amidine groups is 1. The summed E-state index contributed by atoms with van der Waals surface area (Å²) in [6.07, 6.45) is 0.410. The molecule has 30 heavy (non-hydrogen) atoms. The van der Waals surface area contributed by atoms with E-state index in [0.717, 1.165) is 11.1 Å². The van der Waals surface area contributed by atoms with Crippen molar-refractivity contribution in [3.63, 3.8) is 0 Å². The van der Waals surface area contributed by atoms with E-state index in [-0.39, 0.29) is 12.2 Å². The lowest BCUT2D eigenvalue weighted by Crippen LogP contribution is -2.42. The van der Waals surface area contributed by atoms with Crippen LogP contribution in [0.2, 0.25) is 5.02 Å². The molecule has 0 amide bonds. The topological polar surface area (TPSA) is 82.9 Å². The molecule has 1 saturated heterocycles. The zero-order chi connectivity index (χ0) is 21.7. The molecule has 2 aromatic rings. The third kappa shape index (κ3) is 5.34. The van der Waals surface area contributed by atoms with Crippen LogP contribution in [0.4, 0.5) is 0 Å². The van der Waals surface area contributed by atoms with Gasteiger partial charge in [-0.25, -0.2) is 0 Å². The highest BCUT2D eigenvalue weighted by molar-refractivity contribution is 6.31. The first-order chi connectivity index (χ1) is 14.4. The van der Waals surface area contributed by atoms with E-state index in [9.17, 15) is 0 Å². The van der Waals surface area contributed by atoms with Crippen molar-refractivity contribution in [2.75, 3.05) is 6.61 Å². The Hall–Kier alpha value is -2.08. The fourth-order valence-electron chi connectivity index (χ4n) is 4.12. The molecule has 0 saturated carbocycles. The lowest BCUT2D eigenvalue weighted by molar-refractivity contribution is -0.159. The van der Waals surface area contributed by atoms with Crippen molar-refractivity contribution in [1.82, 2.24) is 0 Å². The van der Waals surface area contributed by atoms with Crippen LogP contribution in [0.15, 0.2) is 53.6 Å². The average Bonchev–Trinajstić information content (AvgIpc) is 2.76. The van der Waals surface area contributed by atoms with Gasteiger partial charge in [-0.2, -0.15) is 5.10 Å². The van der Waals surface area contributed by atoms with Gasteiger partial charge in [0.15, 0.2) is 0 Å². The van der Waals surface area contributed by atoms with Crippen LogP contribution in [0.3, 0.4) is 0 Å². The molecular weight excluding hydrogens is 398 g/mol. The number of nitrogens with zero attached hydrogens (tertiary/aromatic N) is 1. The lowest BCUT2D eigenvalue weighted by Gasteiger charge is -2.44. The number of hydrogen-bond acceptors (Lipinski definition) is 4. The van der Waals surface area contributed by atoms with Crippen LogP contribution >= 0.6 is 11.6 Å². The van der Waals surface area contributed by atoms with Gasteiger partial charge in [-0.3, -0.25) is 0 Å². The zero-order valence-electron chi connectivity index (χ0n) is 17.9. The largest absolute Gasteiger partial charge is 0.385 e. The summed E-state index contributed by atoms with van der Waals surface area (Å²) in [7, 11) is 0. The van der Waals surface area contributed by atoms with E-state index in [1.54, 1.807) is 0 Å². The van der Waals surface area contributed by atoms with Crippen LogP contribution in [-0.2, 0) is 22.5 Å². The number of hydrogen-bond donors (Lipinski definition) is 2. The standard InChI is InChI=1S/C24H32ClN3O2/c1-15-16(2)22(14-29-13-18-7-5-4-6-8-18)30-24(17(15)3)19-9-10-21(25)20(11-19)12-23(26)28-27/h4-11,15-17,22,24H,12-14,27H2,1-3H3,(H2,26,28). The Bertz CT molecular complexity index is 859. The minimum Gasteiger partial charge on any atom is -0.385 e. The highest BCUT2D eigenvalue weighted by Gasteiger charge is 2.39. The van der Waals surface area contributed by atoms with Crippen molar-refractivity contribution in [3.8, 4) is 0 Å². The van der Waals surface area contributed by atoms with Crippen LogP contribution in [0.5, 0.6) is 0 Å². The number of benzene rings is 2. The monoisotopic (exact) mass is 429 g/mol. The number of nitrogens with two attached hydrogens (primary N) is 2. The summed E-state index contributed by atoms with van der Waals surface area (Å²) >= 11 is 6.37. The maximum Gasteiger partial charge on any atom is 0.123 e. The van der Waals surface area contributed by atoms with Gasteiger partial charge < -0.3 is 21.1 Å². The van der Waals surface area contributed by atoms with E-state index in [2.05, 4.69) is 44.1 Å². The summed E-state index contributed by atoms with van der Waals surface area (Å²) in [5.41, 5.74) is 8.98. The quantitative estimate of drug-likeness (QED) is 0.290. The van der Waals surface area contributed by atoms with E-state index in [0.29, 0.717) is 48.2 Å². The highest BCUT2D eigenvalue weighted by atomic mass is 35.5. The van der Waals surface area contributed by atoms with Gasteiger partial charge in [0.1, 0.15) is 5.84 Å². The van der Waals surface area contributed by atoms with Crippen LogP contribution in [0.25, 0.3) is 0 Å².